The third kappa shape index (κ3) is 4.03. The van der Waals surface area contributed by atoms with Crippen LogP contribution in [0.5, 0.6) is 0 Å². The first-order valence-corrected chi connectivity index (χ1v) is 7.56. The molecule has 0 fully saturated rings. The van der Waals surface area contributed by atoms with E-state index in [0.717, 1.165) is 5.56 Å². The van der Waals surface area contributed by atoms with E-state index in [-0.39, 0.29) is 16.7 Å². The Labute approximate surface area is 136 Å². The monoisotopic (exact) mass is 368 g/mol. The molecule has 2 aromatic carbocycles. The molecule has 6 heteroatoms. The van der Waals surface area contributed by atoms with Crippen LogP contribution in [0.15, 0.2) is 46.9 Å². The summed E-state index contributed by atoms with van der Waals surface area (Å²) in [6.45, 7) is 2.38. The highest BCUT2D eigenvalue weighted by atomic mass is 79.9. The van der Waals surface area contributed by atoms with Crippen LogP contribution < -0.4 is 5.32 Å². The highest BCUT2D eigenvalue weighted by Gasteiger charge is 2.15. The molecule has 21 heavy (non-hydrogen) atoms. The molecular formula is C15H14BrClN2O2. The molecular weight excluding hydrogens is 356 g/mol. The molecule has 0 spiro atoms. The maximum Gasteiger partial charge on any atom is 0.275 e. The number of nitrogens with one attached hydrogen (secondary N) is 1. The maximum absolute atomic E-state index is 11.1. The van der Waals surface area contributed by atoms with E-state index >= 15 is 0 Å². The Bertz CT molecular complexity index is 664. The Hall–Kier alpha value is -1.43. The van der Waals surface area contributed by atoms with Gasteiger partial charge in [0.2, 0.25) is 0 Å². The minimum absolute atomic E-state index is 0.00181. The average Bonchev–Trinajstić information content (AvgIpc) is 2.46. The van der Waals surface area contributed by atoms with Gasteiger partial charge in [-0.15, -0.1) is 0 Å². The van der Waals surface area contributed by atoms with E-state index in [4.69, 9.17) is 11.6 Å². The van der Waals surface area contributed by atoms with Crippen molar-refractivity contribution < 1.29 is 4.92 Å². The van der Waals surface area contributed by atoms with Gasteiger partial charge in [0.1, 0.15) is 0 Å². The van der Waals surface area contributed by atoms with Crippen molar-refractivity contribution in [2.24, 2.45) is 0 Å². The van der Waals surface area contributed by atoms with E-state index in [1.54, 1.807) is 12.1 Å². The predicted molar refractivity (Wildman–Crippen MR) is 87.5 cm³/mol. The van der Waals surface area contributed by atoms with Crippen molar-refractivity contribution in [3.05, 3.63) is 73.2 Å². The number of nitrogens with zero attached hydrogens (tertiary/aromatic N) is 1. The molecule has 0 unspecified atom stereocenters. The van der Waals surface area contributed by atoms with Gasteiger partial charge in [-0.1, -0.05) is 45.7 Å². The van der Waals surface area contributed by atoms with Crippen molar-refractivity contribution in [2.75, 3.05) is 0 Å². The number of hydrogen-bond acceptors (Lipinski definition) is 3. The molecule has 1 atom stereocenters. The van der Waals surface area contributed by atoms with E-state index in [1.807, 2.05) is 31.2 Å². The highest BCUT2D eigenvalue weighted by Crippen LogP contribution is 2.26. The van der Waals surface area contributed by atoms with Gasteiger partial charge in [-0.2, -0.15) is 0 Å². The Morgan fingerprint density at radius 3 is 2.71 bits per heavy atom. The first-order valence-electron chi connectivity index (χ1n) is 6.39. The predicted octanol–water partition coefficient (Wildman–Crippen LogP) is 4.86. The lowest BCUT2D eigenvalue weighted by molar-refractivity contribution is -0.385. The van der Waals surface area contributed by atoms with Gasteiger partial charge in [0.05, 0.1) is 4.92 Å². The summed E-state index contributed by atoms with van der Waals surface area (Å²) in [6.07, 6.45) is 0. The van der Waals surface area contributed by atoms with E-state index < -0.39 is 0 Å². The quantitative estimate of drug-likeness (QED) is 0.605. The van der Waals surface area contributed by atoms with Crippen molar-refractivity contribution in [1.29, 1.82) is 0 Å². The van der Waals surface area contributed by atoms with Crippen LogP contribution in [-0.4, -0.2) is 4.92 Å². The molecule has 0 bridgehead atoms. The van der Waals surface area contributed by atoms with Gasteiger partial charge in [-0.25, -0.2) is 0 Å². The standard InChI is InChI=1S/C15H14BrClN2O2/c1-10(13-4-2-3-5-14(13)17)18-9-11-6-7-12(16)8-15(11)19(20)21/h2-8,10,18H,9H2,1H3/t10-/m1/s1. The van der Waals surface area contributed by atoms with E-state index in [1.165, 1.54) is 6.07 Å². The fourth-order valence-corrected chi connectivity index (χ4v) is 2.70. The minimum Gasteiger partial charge on any atom is -0.306 e. The van der Waals surface area contributed by atoms with Gasteiger partial charge in [0.15, 0.2) is 0 Å². The largest absolute Gasteiger partial charge is 0.306 e. The van der Waals surface area contributed by atoms with Gasteiger partial charge in [-0.05, 0) is 30.7 Å². The van der Waals surface area contributed by atoms with E-state index in [2.05, 4.69) is 21.2 Å². The third-order valence-electron chi connectivity index (χ3n) is 3.21. The SMILES string of the molecule is C[C@@H](NCc1ccc(Br)cc1[N+](=O)[O-])c1ccccc1Cl. The van der Waals surface area contributed by atoms with Gasteiger partial charge >= 0.3 is 0 Å². The normalized spacial score (nSPS) is 12.1. The minimum atomic E-state index is -0.373. The van der Waals surface area contributed by atoms with Crippen LogP contribution >= 0.6 is 27.5 Å². The number of nitro benzene ring substituents is 1. The summed E-state index contributed by atoms with van der Waals surface area (Å²) in [5.41, 5.74) is 1.71. The highest BCUT2D eigenvalue weighted by molar-refractivity contribution is 9.10. The molecule has 1 N–H and O–H groups in total. The number of benzene rings is 2. The summed E-state index contributed by atoms with van der Waals surface area (Å²) in [7, 11) is 0. The molecule has 0 saturated heterocycles. The molecule has 2 aromatic rings. The zero-order valence-electron chi connectivity index (χ0n) is 11.3. The molecule has 0 amide bonds. The molecule has 0 saturated carbocycles. The molecule has 0 aliphatic heterocycles. The number of rotatable bonds is 5. The summed E-state index contributed by atoms with van der Waals surface area (Å²) in [5, 5.41) is 15.0. The molecule has 0 radical (unpaired) electrons. The van der Waals surface area contributed by atoms with E-state index in [0.29, 0.717) is 21.6 Å². The third-order valence-corrected chi connectivity index (χ3v) is 4.05. The lowest BCUT2D eigenvalue weighted by Gasteiger charge is -2.15. The Morgan fingerprint density at radius 1 is 1.33 bits per heavy atom. The van der Waals surface area contributed by atoms with Crippen LogP contribution in [0.3, 0.4) is 0 Å². The first kappa shape index (κ1) is 15.9. The second-order valence-electron chi connectivity index (χ2n) is 4.65. The molecule has 0 aliphatic carbocycles. The van der Waals surface area contributed by atoms with Crippen LogP contribution in [0, 0.1) is 10.1 Å². The Balaban J connectivity index is 2.13. The van der Waals surface area contributed by atoms with Crippen molar-refractivity contribution in [3.63, 3.8) is 0 Å². The van der Waals surface area contributed by atoms with Crippen molar-refractivity contribution >= 4 is 33.2 Å². The number of nitro groups is 1. The lowest BCUT2D eigenvalue weighted by Crippen LogP contribution is -2.19. The van der Waals surface area contributed by atoms with Gasteiger partial charge in [-0.3, -0.25) is 10.1 Å². The summed E-state index contributed by atoms with van der Waals surface area (Å²) in [5.74, 6) is 0. The number of hydrogen-bond donors (Lipinski definition) is 1. The molecule has 0 heterocycles. The second kappa shape index (κ2) is 7.02. The van der Waals surface area contributed by atoms with Gasteiger partial charge in [0.25, 0.3) is 5.69 Å². The molecule has 4 nitrogen and oxygen atoms in total. The summed E-state index contributed by atoms with van der Waals surface area (Å²) in [4.78, 5) is 10.7. The van der Waals surface area contributed by atoms with Crippen LogP contribution in [0.4, 0.5) is 5.69 Å². The Kier molecular flexibility index (Phi) is 5.33. The molecule has 110 valence electrons. The van der Waals surface area contributed by atoms with Crippen LogP contribution in [0.25, 0.3) is 0 Å². The van der Waals surface area contributed by atoms with Crippen LogP contribution in [0.1, 0.15) is 24.1 Å². The molecule has 0 aromatic heterocycles. The average molecular weight is 370 g/mol. The zero-order chi connectivity index (χ0) is 15.4. The van der Waals surface area contributed by atoms with Crippen molar-refractivity contribution in [2.45, 2.75) is 19.5 Å². The fourth-order valence-electron chi connectivity index (χ4n) is 2.06. The topological polar surface area (TPSA) is 55.2 Å². The maximum atomic E-state index is 11.1. The summed E-state index contributed by atoms with van der Waals surface area (Å²) >= 11 is 9.40. The van der Waals surface area contributed by atoms with Gasteiger partial charge < -0.3 is 5.32 Å². The lowest BCUT2D eigenvalue weighted by atomic mass is 10.1. The van der Waals surface area contributed by atoms with Crippen LogP contribution in [-0.2, 0) is 6.54 Å². The fraction of sp³-hybridized carbons (Fsp3) is 0.200. The Morgan fingerprint density at radius 2 is 2.05 bits per heavy atom. The van der Waals surface area contributed by atoms with E-state index in [9.17, 15) is 10.1 Å². The van der Waals surface area contributed by atoms with Gasteiger partial charge in [0, 0.05) is 33.7 Å². The molecule has 2 rings (SSSR count). The molecule has 0 aliphatic rings. The van der Waals surface area contributed by atoms with Crippen molar-refractivity contribution in [3.8, 4) is 0 Å². The number of halogens is 2. The second-order valence-corrected chi connectivity index (χ2v) is 5.98. The summed E-state index contributed by atoms with van der Waals surface area (Å²) in [6, 6.07) is 12.6. The first-order chi connectivity index (χ1) is 9.99. The summed E-state index contributed by atoms with van der Waals surface area (Å²) < 4.78 is 0.692. The smallest absolute Gasteiger partial charge is 0.275 e. The van der Waals surface area contributed by atoms with Crippen LogP contribution in [0.2, 0.25) is 5.02 Å². The van der Waals surface area contributed by atoms with Crippen molar-refractivity contribution in [1.82, 2.24) is 5.32 Å². The zero-order valence-corrected chi connectivity index (χ0v) is 13.7.